The lowest BCUT2D eigenvalue weighted by molar-refractivity contribution is -0.138. The van der Waals surface area contributed by atoms with Crippen LogP contribution in [0.1, 0.15) is 5.56 Å². The van der Waals surface area contributed by atoms with Gasteiger partial charge in [-0.25, -0.2) is 0 Å². The van der Waals surface area contributed by atoms with Gasteiger partial charge in [-0.05, 0) is 6.92 Å². The highest BCUT2D eigenvalue weighted by Crippen LogP contribution is 2.06. The average molecular weight is 362 g/mol. The van der Waals surface area contributed by atoms with Gasteiger partial charge in [-0.3, -0.25) is 24.3 Å². The lowest BCUT2D eigenvalue weighted by Crippen LogP contribution is -2.41. The van der Waals surface area contributed by atoms with Gasteiger partial charge < -0.3 is 10.0 Å². The van der Waals surface area contributed by atoms with E-state index in [4.69, 9.17) is 5.11 Å². The van der Waals surface area contributed by atoms with Crippen LogP contribution in [0.3, 0.4) is 0 Å². The second-order valence-corrected chi connectivity index (χ2v) is 6.84. The number of aliphatic carboxylic acids is 1. The van der Waals surface area contributed by atoms with Crippen molar-refractivity contribution in [3.63, 3.8) is 0 Å². The monoisotopic (exact) mass is 362 g/mol. The average Bonchev–Trinajstić information content (AvgIpc) is 3.06. The van der Waals surface area contributed by atoms with Crippen LogP contribution in [0.25, 0.3) is 0 Å². The van der Waals surface area contributed by atoms with Gasteiger partial charge >= 0.3 is 5.97 Å². The number of benzene rings is 1. The van der Waals surface area contributed by atoms with Gasteiger partial charge in [0.15, 0.2) is 0 Å². The summed E-state index contributed by atoms with van der Waals surface area (Å²) in [6, 6.07) is 10.3. The third-order valence-electron chi connectivity index (χ3n) is 4.72. The summed E-state index contributed by atoms with van der Waals surface area (Å²) in [6.45, 7) is 9.60. The number of carboxylic acid groups (broad SMARTS) is 1. The molecule has 2 bridgehead atoms. The smallest absolute Gasteiger partial charge is 0.317 e. The number of hydrogen-bond donors (Lipinski definition) is 1. The molecule has 26 heavy (non-hydrogen) atoms. The van der Waals surface area contributed by atoms with Crippen LogP contribution in [0.2, 0.25) is 0 Å². The van der Waals surface area contributed by atoms with E-state index in [-0.39, 0.29) is 6.54 Å². The Balaban J connectivity index is 0.000000290. The Hall–Kier alpha value is -1.96. The van der Waals surface area contributed by atoms with Crippen LogP contribution in [0.5, 0.6) is 0 Å². The molecule has 144 valence electrons. The van der Waals surface area contributed by atoms with Crippen molar-refractivity contribution in [2.24, 2.45) is 0 Å². The molecule has 0 aliphatic carbocycles. The van der Waals surface area contributed by atoms with Crippen LogP contribution in [-0.2, 0) is 9.59 Å². The highest BCUT2D eigenvalue weighted by Gasteiger charge is 2.22. The Morgan fingerprint density at radius 3 is 2.04 bits per heavy atom. The minimum atomic E-state index is -0.810. The third kappa shape index (κ3) is 7.51. The van der Waals surface area contributed by atoms with E-state index in [1.807, 2.05) is 23.1 Å². The van der Waals surface area contributed by atoms with Crippen molar-refractivity contribution in [2.75, 3.05) is 65.6 Å². The second kappa shape index (κ2) is 10.9. The standard InChI is InChI=1S/C12H22N4O3.C7H8/c17-11-16-7-2-13(9-12(18)19)1-3-14-4-5-15(10-14)6-8-16;1-7-5-3-2-4-6-7/h11H,1-10H2,(H,18,19);2-6H,1H3. The van der Waals surface area contributed by atoms with Gasteiger partial charge in [0.05, 0.1) is 13.2 Å². The maximum atomic E-state index is 11.0. The molecular formula is C19H30N4O3. The van der Waals surface area contributed by atoms with E-state index in [2.05, 4.69) is 28.9 Å². The van der Waals surface area contributed by atoms with Gasteiger partial charge in [0.2, 0.25) is 6.41 Å². The van der Waals surface area contributed by atoms with Crippen LogP contribution < -0.4 is 0 Å². The summed E-state index contributed by atoms with van der Waals surface area (Å²) in [5.41, 5.74) is 1.32. The Labute approximate surface area is 155 Å². The molecule has 7 heteroatoms. The Kier molecular flexibility index (Phi) is 8.53. The highest BCUT2D eigenvalue weighted by molar-refractivity contribution is 5.69. The Morgan fingerprint density at radius 1 is 0.962 bits per heavy atom. The van der Waals surface area contributed by atoms with E-state index < -0.39 is 5.97 Å². The molecule has 2 aliphatic heterocycles. The van der Waals surface area contributed by atoms with Gasteiger partial charge in [-0.1, -0.05) is 35.9 Å². The normalized spacial score (nSPS) is 24.1. The Morgan fingerprint density at radius 2 is 1.50 bits per heavy atom. The van der Waals surface area contributed by atoms with Crippen molar-refractivity contribution in [2.45, 2.75) is 6.92 Å². The molecule has 1 amide bonds. The summed E-state index contributed by atoms with van der Waals surface area (Å²) in [6.07, 6.45) is 0.866. The predicted octanol–water partition coefficient (Wildman–Crippen LogP) is 0.415. The molecule has 2 fully saturated rings. The van der Waals surface area contributed by atoms with Crippen molar-refractivity contribution in [1.82, 2.24) is 19.6 Å². The summed E-state index contributed by atoms with van der Waals surface area (Å²) in [7, 11) is 0. The summed E-state index contributed by atoms with van der Waals surface area (Å²) in [5, 5.41) is 8.92. The second-order valence-electron chi connectivity index (χ2n) is 6.84. The SMILES string of the molecule is Cc1ccccc1.O=CN1CCN(CC(=O)O)CCN2CCN(CC1)C2. The molecule has 1 aromatic rings. The molecule has 2 unspecified atom stereocenters. The van der Waals surface area contributed by atoms with Crippen LogP contribution in [0, 0.1) is 6.92 Å². The first-order chi connectivity index (χ1) is 12.6. The molecule has 2 heterocycles. The number of aryl methyl sites for hydroxylation is 1. The minimum Gasteiger partial charge on any atom is -0.480 e. The van der Waals surface area contributed by atoms with Gasteiger partial charge in [-0.15, -0.1) is 0 Å². The minimum absolute atomic E-state index is 0.0459. The van der Waals surface area contributed by atoms with E-state index in [9.17, 15) is 9.59 Å². The molecule has 0 spiro atoms. The van der Waals surface area contributed by atoms with Gasteiger partial charge in [-0.2, -0.15) is 0 Å². The highest BCUT2D eigenvalue weighted by atomic mass is 16.4. The maximum absolute atomic E-state index is 11.0. The number of nitrogens with zero attached hydrogens (tertiary/aromatic N) is 4. The maximum Gasteiger partial charge on any atom is 0.317 e. The quantitative estimate of drug-likeness (QED) is 0.786. The first-order valence-corrected chi connectivity index (χ1v) is 9.16. The third-order valence-corrected chi connectivity index (χ3v) is 4.72. The number of amides is 1. The number of rotatable bonds is 3. The first-order valence-electron chi connectivity index (χ1n) is 9.16. The fourth-order valence-corrected chi connectivity index (χ4v) is 3.11. The zero-order valence-electron chi connectivity index (χ0n) is 15.6. The predicted molar refractivity (Wildman–Crippen MR) is 101 cm³/mol. The molecule has 7 nitrogen and oxygen atoms in total. The molecule has 1 aromatic carbocycles. The number of fused-ring (bicyclic) bond motifs is 2. The fraction of sp³-hybridized carbons (Fsp3) is 0.579. The van der Waals surface area contributed by atoms with Crippen molar-refractivity contribution in [1.29, 1.82) is 0 Å². The number of carboxylic acids is 1. The molecule has 0 radical (unpaired) electrons. The van der Waals surface area contributed by atoms with Crippen LogP contribution in [0.4, 0.5) is 0 Å². The van der Waals surface area contributed by atoms with E-state index in [1.165, 1.54) is 5.56 Å². The van der Waals surface area contributed by atoms with Crippen LogP contribution in [0.15, 0.2) is 30.3 Å². The first kappa shape index (κ1) is 20.4. The van der Waals surface area contributed by atoms with E-state index in [1.54, 1.807) is 4.90 Å². The van der Waals surface area contributed by atoms with Gasteiger partial charge in [0.25, 0.3) is 0 Å². The summed E-state index contributed by atoms with van der Waals surface area (Å²) in [4.78, 5) is 30.2. The van der Waals surface area contributed by atoms with Crippen molar-refractivity contribution in [3.05, 3.63) is 35.9 Å². The Bertz CT molecular complexity index is 555. The van der Waals surface area contributed by atoms with E-state index in [0.29, 0.717) is 13.1 Å². The zero-order valence-corrected chi connectivity index (χ0v) is 15.6. The van der Waals surface area contributed by atoms with Crippen molar-refractivity contribution in [3.8, 4) is 0 Å². The molecular weight excluding hydrogens is 332 g/mol. The van der Waals surface area contributed by atoms with Crippen LogP contribution >= 0.6 is 0 Å². The number of carbonyl (C=O) groups excluding carboxylic acids is 1. The van der Waals surface area contributed by atoms with E-state index in [0.717, 1.165) is 52.3 Å². The van der Waals surface area contributed by atoms with E-state index >= 15 is 0 Å². The topological polar surface area (TPSA) is 67.3 Å². The molecule has 1 N–H and O–H groups in total. The summed E-state index contributed by atoms with van der Waals surface area (Å²) < 4.78 is 0. The van der Waals surface area contributed by atoms with Crippen molar-refractivity contribution < 1.29 is 14.7 Å². The largest absolute Gasteiger partial charge is 0.480 e. The lowest BCUT2D eigenvalue weighted by atomic mass is 10.2. The number of carbonyl (C=O) groups is 2. The molecule has 2 aliphatic rings. The molecule has 3 rings (SSSR count). The molecule has 2 atom stereocenters. The lowest BCUT2D eigenvalue weighted by Gasteiger charge is -2.25. The van der Waals surface area contributed by atoms with Gasteiger partial charge in [0, 0.05) is 52.4 Å². The van der Waals surface area contributed by atoms with Gasteiger partial charge in [0.1, 0.15) is 0 Å². The zero-order chi connectivity index (χ0) is 18.8. The molecule has 0 aromatic heterocycles. The van der Waals surface area contributed by atoms with Crippen LogP contribution in [-0.4, -0.2) is 103 Å². The molecule has 2 saturated heterocycles. The summed E-state index contributed by atoms with van der Waals surface area (Å²) >= 11 is 0. The molecule has 0 saturated carbocycles. The summed E-state index contributed by atoms with van der Waals surface area (Å²) in [5.74, 6) is -0.810. The number of hydrogen-bond acceptors (Lipinski definition) is 5. The fourth-order valence-electron chi connectivity index (χ4n) is 3.11. The van der Waals surface area contributed by atoms with Crippen molar-refractivity contribution >= 4 is 12.4 Å².